The molecular weight excluding hydrogens is 400 g/mol. The second kappa shape index (κ2) is 8.50. The zero-order valence-corrected chi connectivity index (χ0v) is 17.1. The lowest BCUT2D eigenvalue weighted by atomic mass is 10.1. The molecule has 2 aromatic rings. The van der Waals surface area contributed by atoms with Crippen molar-refractivity contribution in [3.05, 3.63) is 42.5 Å². The van der Waals surface area contributed by atoms with Gasteiger partial charge in [0.2, 0.25) is 15.9 Å². The van der Waals surface area contributed by atoms with Crippen LogP contribution in [0.25, 0.3) is 10.8 Å². The predicted molar refractivity (Wildman–Crippen MR) is 109 cm³/mol. The summed E-state index contributed by atoms with van der Waals surface area (Å²) in [5.74, 6) is -0.885. The van der Waals surface area contributed by atoms with Crippen LogP contribution in [0.5, 0.6) is 0 Å². The van der Waals surface area contributed by atoms with Crippen molar-refractivity contribution in [3.8, 4) is 0 Å². The minimum absolute atomic E-state index is 0.0245. The molecule has 1 amide bonds. The Hall–Kier alpha value is -2.10. The zero-order valence-electron chi connectivity index (χ0n) is 15.4. The van der Waals surface area contributed by atoms with Crippen LogP contribution >= 0.6 is 12.6 Å². The van der Waals surface area contributed by atoms with Crippen LogP contribution in [0.4, 0.5) is 0 Å². The van der Waals surface area contributed by atoms with Crippen LogP contribution in [0.3, 0.4) is 0 Å². The molecule has 1 N–H and O–H groups in total. The van der Waals surface area contributed by atoms with Crippen molar-refractivity contribution in [2.75, 3.05) is 20.2 Å². The van der Waals surface area contributed by atoms with E-state index < -0.39 is 27.9 Å². The fourth-order valence-corrected chi connectivity index (χ4v) is 5.42. The number of sulfonamides is 1. The lowest BCUT2D eigenvalue weighted by molar-refractivity contribution is -0.140. The molecule has 0 aliphatic carbocycles. The van der Waals surface area contributed by atoms with E-state index in [2.05, 4.69) is 22.7 Å². The van der Waals surface area contributed by atoms with Gasteiger partial charge in [-0.25, -0.2) is 8.42 Å². The Morgan fingerprint density at radius 2 is 1.93 bits per heavy atom. The largest absolute Gasteiger partial charge is 0.469 e. The molecule has 0 aromatic heterocycles. The Balaban J connectivity index is 1.81. The number of hydrogen-bond acceptors (Lipinski definition) is 6. The van der Waals surface area contributed by atoms with Gasteiger partial charge >= 0.3 is 5.97 Å². The standard InChI is InChI=1S/C19H22N2O5S2/c1-26-18(22)8-9-20-19(23)17-11-15(27)12-21(17)28(24,25)16-7-6-13-4-2-3-5-14(13)10-16/h2-7,10,15,17,27H,8-9,11-12H2,1H3,(H,20,23)/t15-,17+/m1/s1. The summed E-state index contributed by atoms with van der Waals surface area (Å²) >= 11 is 4.39. The molecule has 7 nitrogen and oxygen atoms in total. The second-order valence-corrected chi connectivity index (χ2v) is 9.23. The van der Waals surface area contributed by atoms with E-state index in [1.165, 1.54) is 11.4 Å². The molecule has 1 heterocycles. The van der Waals surface area contributed by atoms with E-state index in [4.69, 9.17) is 0 Å². The molecule has 1 aliphatic rings. The van der Waals surface area contributed by atoms with E-state index in [1.54, 1.807) is 18.2 Å². The highest BCUT2D eigenvalue weighted by atomic mass is 32.2. The van der Waals surface area contributed by atoms with Gasteiger partial charge in [0.05, 0.1) is 18.4 Å². The molecule has 150 valence electrons. The Morgan fingerprint density at radius 1 is 1.21 bits per heavy atom. The molecule has 1 saturated heterocycles. The molecule has 2 aromatic carbocycles. The van der Waals surface area contributed by atoms with E-state index in [9.17, 15) is 18.0 Å². The average Bonchev–Trinajstić information content (AvgIpc) is 3.10. The second-order valence-electron chi connectivity index (χ2n) is 6.61. The lowest BCUT2D eigenvalue weighted by Gasteiger charge is -2.23. The average molecular weight is 423 g/mol. The highest BCUT2D eigenvalue weighted by molar-refractivity contribution is 7.89. The summed E-state index contributed by atoms with van der Waals surface area (Å²) in [6.07, 6.45) is 0.330. The molecule has 1 fully saturated rings. The highest BCUT2D eigenvalue weighted by Gasteiger charge is 2.42. The van der Waals surface area contributed by atoms with E-state index in [1.807, 2.05) is 24.3 Å². The van der Waals surface area contributed by atoms with E-state index in [0.29, 0.717) is 6.42 Å². The van der Waals surface area contributed by atoms with Gasteiger partial charge in [0, 0.05) is 18.3 Å². The number of hydrogen-bond donors (Lipinski definition) is 2. The number of nitrogens with one attached hydrogen (secondary N) is 1. The van der Waals surface area contributed by atoms with Crippen LogP contribution in [0, 0.1) is 0 Å². The molecule has 3 rings (SSSR count). The first kappa shape index (κ1) is 20.6. The van der Waals surface area contributed by atoms with Gasteiger partial charge in [0.15, 0.2) is 0 Å². The number of amides is 1. The minimum atomic E-state index is -3.87. The first-order valence-corrected chi connectivity index (χ1v) is 10.8. The van der Waals surface area contributed by atoms with Gasteiger partial charge in [0.1, 0.15) is 6.04 Å². The fourth-order valence-electron chi connectivity index (χ4n) is 3.26. The molecule has 0 spiro atoms. The summed E-state index contributed by atoms with van der Waals surface area (Å²) in [5.41, 5.74) is 0. The molecule has 0 bridgehead atoms. The number of methoxy groups -OCH3 is 1. The topological polar surface area (TPSA) is 92.8 Å². The maximum atomic E-state index is 13.2. The number of esters is 1. The molecule has 28 heavy (non-hydrogen) atoms. The third kappa shape index (κ3) is 4.31. The van der Waals surface area contributed by atoms with Crippen molar-refractivity contribution in [3.63, 3.8) is 0 Å². The third-order valence-corrected chi connectivity index (χ3v) is 6.96. The summed E-state index contributed by atoms with van der Waals surface area (Å²) in [6.45, 7) is 0.233. The summed E-state index contributed by atoms with van der Waals surface area (Å²) in [6, 6.07) is 11.5. The van der Waals surface area contributed by atoms with E-state index >= 15 is 0 Å². The Kier molecular flexibility index (Phi) is 6.26. The first-order chi connectivity index (χ1) is 13.3. The molecule has 0 radical (unpaired) electrons. The van der Waals surface area contributed by atoms with Crippen molar-refractivity contribution >= 4 is 45.3 Å². The van der Waals surface area contributed by atoms with Crippen LogP contribution in [0.2, 0.25) is 0 Å². The van der Waals surface area contributed by atoms with Gasteiger partial charge in [-0.05, 0) is 29.3 Å². The van der Waals surface area contributed by atoms with Crippen molar-refractivity contribution in [2.45, 2.75) is 29.0 Å². The van der Waals surface area contributed by atoms with Crippen molar-refractivity contribution in [2.24, 2.45) is 0 Å². The molecule has 2 atom stereocenters. The van der Waals surface area contributed by atoms with Crippen LogP contribution in [0.1, 0.15) is 12.8 Å². The molecular formula is C19H22N2O5S2. The van der Waals surface area contributed by atoms with Gasteiger partial charge in [-0.3, -0.25) is 9.59 Å². The van der Waals surface area contributed by atoms with Crippen molar-refractivity contribution < 1.29 is 22.7 Å². The smallest absolute Gasteiger partial charge is 0.307 e. The monoisotopic (exact) mass is 422 g/mol. The molecule has 9 heteroatoms. The predicted octanol–water partition coefficient (Wildman–Crippen LogP) is 1.58. The number of ether oxygens (including phenoxy) is 1. The van der Waals surface area contributed by atoms with Gasteiger partial charge in [-0.1, -0.05) is 30.3 Å². The number of rotatable bonds is 6. The Morgan fingerprint density at radius 3 is 2.64 bits per heavy atom. The van der Waals surface area contributed by atoms with Gasteiger partial charge in [-0.15, -0.1) is 0 Å². The molecule has 0 unspecified atom stereocenters. The van der Waals surface area contributed by atoms with Gasteiger partial charge in [0.25, 0.3) is 0 Å². The summed E-state index contributed by atoms with van der Waals surface area (Å²) in [5, 5.41) is 4.12. The first-order valence-electron chi connectivity index (χ1n) is 8.86. The number of carbonyl (C=O) groups excluding carboxylic acids is 2. The van der Waals surface area contributed by atoms with Gasteiger partial charge in [-0.2, -0.15) is 16.9 Å². The van der Waals surface area contributed by atoms with Gasteiger partial charge < -0.3 is 10.1 Å². The Bertz CT molecular complexity index is 993. The number of benzene rings is 2. The normalized spacial score (nSPS) is 20.2. The van der Waals surface area contributed by atoms with Crippen LogP contribution in [-0.4, -0.2) is 56.1 Å². The van der Waals surface area contributed by atoms with Crippen LogP contribution in [0.15, 0.2) is 47.4 Å². The number of thiol groups is 1. The van der Waals surface area contributed by atoms with Crippen LogP contribution < -0.4 is 5.32 Å². The number of fused-ring (bicyclic) bond motifs is 1. The van der Waals surface area contributed by atoms with E-state index in [-0.39, 0.29) is 29.7 Å². The third-order valence-electron chi connectivity index (χ3n) is 4.72. The van der Waals surface area contributed by atoms with E-state index in [0.717, 1.165) is 10.8 Å². The summed E-state index contributed by atoms with van der Waals surface area (Å²) in [4.78, 5) is 23.9. The summed E-state index contributed by atoms with van der Waals surface area (Å²) < 4.78 is 32.1. The summed E-state index contributed by atoms with van der Waals surface area (Å²) in [7, 11) is -2.60. The quantitative estimate of drug-likeness (QED) is 0.545. The minimum Gasteiger partial charge on any atom is -0.469 e. The molecule has 0 saturated carbocycles. The fraction of sp³-hybridized carbons (Fsp3) is 0.368. The number of nitrogens with zero attached hydrogens (tertiary/aromatic N) is 1. The maximum Gasteiger partial charge on any atom is 0.307 e. The maximum absolute atomic E-state index is 13.2. The lowest BCUT2D eigenvalue weighted by Crippen LogP contribution is -2.46. The van der Waals surface area contributed by atoms with Crippen molar-refractivity contribution in [1.82, 2.24) is 9.62 Å². The SMILES string of the molecule is COC(=O)CCNC(=O)[C@@H]1C[C@@H](S)CN1S(=O)(=O)c1ccc2ccccc2c1. The Labute approximate surface area is 169 Å². The van der Waals surface area contributed by atoms with Crippen LogP contribution in [-0.2, 0) is 24.3 Å². The van der Waals surface area contributed by atoms with Crippen molar-refractivity contribution in [1.29, 1.82) is 0 Å². The highest BCUT2D eigenvalue weighted by Crippen LogP contribution is 2.30. The number of carbonyl (C=O) groups is 2. The zero-order chi connectivity index (χ0) is 20.3. The molecule has 1 aliphatic heterocycles.